The third kappa shape index (κ3) is 5.41. The molecule has 1 aliphatic rings. The maximum atomic E-state index is 11.8. The van der Waals surface area contributed by atoms with Crippen LogP contribution in [0.1, 0.15) is 39.5 Å². The molecule has 0 N–H and O–H groups in total. The summed E-state index contributed by atoms with van der Waals surface area (Å²) < 4.78 is 0.668. The zero-order valence-corrected chi connectivity index (χ0v) is 13.9. The minimum absolute atomic E-state index is 0.0961. The van der Waals surface area contributed by atoms with Crippen molar-refractivity contribution in [2.45, 2.75) is 44.8 Å². The Kier molecular flexibility index (Phi) is 7.53. The number of thioether (sulfide) groups is 2. The molecule has 0 radical (unpaired) electrons. The summed E-state index contributed by atoms with van der Waals surface area (Å²) in [7, 11) is 0. The first-order valence-electron chi connectivity index (χ1n) is 6.36. The standard InChI is InChI=1S/C12H17NO4S3/c1-3-4-7-19-12(18)20-8(2)11(16)17-13-9(14)5-6-10(13)15/h8H,3-7H2,1-2H3. The van der Waals surface area contributed by atoms with Crippen molar-refractivity contribution in [3.63, 3.8) is 0 Å². The Hall–Kier alpha value is -0.600. The molecule has 1 saturated heterocycles. The van der Waals surface area contributed by atoms with Gasteiger partial charge in [0.15, 0.2) is 0 Å². The lowest BCUT2D eigenvalue weighted by Gasteiger charge is -2.16. The van der Waals surface area contributed by atoms with Crippen LogP contribution in [-0.4, -0.2) is 37.4 Å². The Labute approximate surface area is 132 Å². The van der Waals surface area contributed by atoms with Crippen LogP contribution in [0, 0.1) is 0 Å². The molecule has 2 amide bonds. The highest BCUT2D eigenvalue weighted by atomic mass is 32.2. The van der Waals surface area contributed by atoms with Gasteiger partial charge in [0, 0.05) is 12.8 Å². The average Bonchev–Trinajstić information content (AvgIpc) is 2.70. The van der Waals surface area contributed by atoms with Gasteiger partial charge in [-0.05, 0) is 19.1 Å². The summed E-state index contributed by atoms with van der Waals surface area (Å²) in [6.45, 7) is 3.74. The Morgan fingerprint density at radius 3 is 2.55 bits per heavy atom. The molecule has 5 nitrogen and oxygen atoms in total. The van der Waals surface area contributed by atoms with Crippen LogP contribution in [0.25, 0.3) is 0 Å². The van der Waals surface area contributed by atoms with E-state index in [9.17, 15) is 14.4 Å². The molecule has 8 heteroatoms. The van der Waals surface area contributed by atoms with Crippen molar-refractivity contribution in [1.29, 1.82) is 0 Å². The van der Waals surface area contributed by atoms with Crippen molar-refractivity contribution in [2.24, 2.45) is 0 Å². The van der Waals surface area contributed by atoms with Crippen LogP contribution in [0.5, 0.6) is 0 Å². The van der Waals surface area contributed by atoms with Crippen LogP contribution in [-0.2, 0) is 19.2 Å². The molecular formula is C12H17NO4S3. The van der Waals surface area contributed by atoms with Gasteiger partial charge in [0.2, 0.25) is 0 Å². The molecule has 1 rings (SSSR count). The number of carbonyl (C=O) groups excluding carboxylic acids is 3. The molecule has 0 aromatic heterocycles. The topological polar surface area (TPSA) is 63.7 Å². The van der Waals surface area contributed by atoms with Gasteiger partial charge >= 0.3 is 5.97 Å². The van der Waals surface area contributed by atoms with E-state index in [0.29, 0.717) is 8.59 Å². The normalized spacial score (nSPS) is 16.4. The number of amides is 2. The van der Waals surface area contributed by atoms with Crippen molar-refractivity contribution in [1.82, 2.24) is 5.06 Å². The maximum absolute atomic E-state index is 11.8. The SMILES string of the molecule is CCCCSC(=S)SC(C)C(=O)ON1C(=O)CCC1=O. The molecule has 0 saturated carbocycles. The number of hydroxylamine groups is 2. The number of carbonyl (C=O) groups is 3. The van der Waals surface area contributed by atoms with E-state index in [-0.39, 0.29) is 12.8 Å². The van der Waals surface area contributed by atoms with Gasteiger partial charge in [-0.3, -0.25) is 9.59 Å². The predicted molar refractivity (Wildman–Crippen MR) is 84.2 cm³/mol. The Balaban J connectivity index is 2.37. The number of rotatable bonds is 6. The minimum atomic E-state index is -0.628. The smallest absolute Gasteiger partial charge is 0.329 e. The molecule has 20 heavy (non-hydrogen) atoms. The molecule has 1 unspecified atom stereocenters. The third-order valence-electron chi connectivity index (χ3n) is 2.51. The van der Waals surface area contributed by atoms with Crippen molar-refractivity contribution in [3.8, 4) is 0 Å². The van der Waals surface area contributed by atoms with Crippen LogP contribution in [0.3, 0.4) is 0 Å². The summed E-state index contributed by atoms with van der Waals surface area (Å²) in [5.74, 6) is -0.648. The van der Waals surface area contributed by atoms with Crippen molar-refractivity contribution < 1.29 is 19.2 Å². The van der Waals surface area contributed by atoms with Crippen molar-refractivity contribution in [3.05, 3.63) is 0 Å². The Bertz CT molecular complexity index is 398. The lowest BCUT2D eigenvalue weighted by Crippen LogP contribution is -2.35. The molecule has 112 valence electrons. The first-order chi connectivity index (χ1) is 9.45. The van der Waals surface area contributed by atoms with Gasteiger partial charge in [0.05, 0.1) is 0 Å². The summed E-state index contributed by atoms with van der Waals surface area (Å²) in [5.41, 5.74) is 0. The molecule has 1 aliphatic heterocycles. The quantitative estimate of drug-likeness (QED) is 0.420. The van der Waals surface area contributed by atoms with Gasteiger partial charge in [-0.2, -0.15) is 0 Å². The first kappa shape index (κ1) is 17.5. The van der Waals surface area contributed by atoms with E-state index in [1.54, 1.807) is 6.92 Å². The van der Waals surface area contributed by atoms with Gasteiger partial charge in [-0.1, -0.05) is 37.3 Å². The van der Waals surface area contributed by atoms with E-state index in [4.69, 9.17) is 17.1 Å². The molecule has 1 fully saturated rings. The number of hydrogen-bond donors (Lipinski definition) is 0. The number of thiocarbonyl (C=S) groups is 1. The fourth-order valence-electron chi connectivity index (χ4n) is 1.35. The van der Waals surface area contributed by atoms with Crippen LogP contribution in [0.2, 0.25) is 0 Å². The molecule has 1 atom stereocenters. The predicted octanol–water partition coefficient (Wildman–Crippen LogP) is 2.53. The zero-order chi connectivity index (χ0) is 15.1. The second-order valence-electron chi connectivity index (χ2n) is 4.20. The summed E-state index contributed by atoms with van der Waals surface area (Å²) in [6.07, 6.45) is 2.36. The third-order valence-corrected chi connectivity index (χ3v) is 5.26. The second-order valence-corrected chi connectivity index (χ2v) is 7.84. The lowest BCUT2D eigenvalue weighted by atomic mass is 10.4. The van der Waals surface area contributed by atoms with Gasteiger partial charge in [0.1, 0.15) is 8.78 Å². The zero-order valence-electron chi connectivity index (χ0n) is 11.4. The molecule has 0 aliphatic carbocycles. The van der Waals surface area contributed by atoms with E-state index in [2.05, 4.69) is 6.92 Å². The molecule has 1 heterocycles. The van der Waals surface area contributed by atoms with E-state index in [1.165, 1.54) is 23.5 Å². The highest BCUT2D eigenvalue weighted by Crippen LogP contribution is 2.24. The summed E-state index contributed by atoms with van der Waals surface area (Å²) >= 11 is 7.91. The molecule has 0 aromatic carbocycles. The van der Waals surface area contributed by atoms with Crippen LogP contribution in [0.15, 0.2) is 0 Å². The highest BCUT2D eigenvalue weighted by molar-refractivity contribution is 8.47. The number of unbranched alkanes of at least 4 members (excludes halogenated alkanes) is 1. The van der Waals surface area contributed by atoms with Gasteiger partial charge in [-0.25, -0.2) is 4.79 Å². The number of nitrogens with zero attached hydrogens (tertiary/aromatic N) is 1. The fraction of sp³-hybridized carbons (Fsp3) is 0.667. The highest BCUT2D eigenvalue weighted by Gasteiger charge is 2.34. The van der Waals surface area contributed by atoms with Crippen LogP contribution >= 0.6 is 35.7 Å². The van der Waals surface area contributed by atoms with Crippen LogP contribution in [0.4, 0.5) is 0 Å². The maximum Gasteiger partial charge on any atom is 0.346 e. The van der Waals surface area contributed by atoms with Crippen LogP contribution < -0.4 is 0 Å². The monoisotopic (exact) mass is 335 g/mol. The molecular weight excluding hydrogens is 318 g/mol. The van der Waals surface area contributed by atoms with Crippen molar-refractivity contribution >= 4 is 57.1 Å². The fourth-order valence-corrected chi connectivity index (χ4v) is 4.01. The first-order valence-corrected chi connectivity index (χ1v) is 8.64. The number of hydrogen-bond acceptors (Lipinski definition) is 7. The molecule has 0 spiro atoms. The van der Waals surface area contributed by atoms with E-state index < -0.39 is 23.0 Å². The number of imide groups is 1. The average molecular weight is 335 g/mol. The lowest BCUT2D eigenvalue weighted by molar-refractivity contribution is -0.196. The van der Waals surface area contributed by atoms with E-state index >= 15 is 0 Å². The van der Waals surface area contributed by atoms with E-state index in [1.807, 2.05) is 0 Å². The van der Waals surface area contributed by atoms with E-state index in [0.717, 1.165) is 18.6 Å². The summed E-state index contributed by atoms with van der Waals surface area (Å²) in [5, 5.41) is 0.0185. The largest absolute Gasteiger partial charge is 0.346 e. The van der Waals surface area contributed by atoms with Gasteiger partial charge in [0.25, 0.3) is 11.8 Å². The summed E-state index contributed by atoms with van der Waals surface area (Å²) in [4.78, 5) is 39.3. The molecule has 0 bridgehead atoms. The van der Waals surface area contributed by atoms with Crippen molar-refractivity contribution in [2.75, 3.05) is 5.75 Å². The summed E-state index contributed by atoms with van der Waals surface area (Å²) in [6, 6.07) is 0. The second kappa shape index (κ2) is 8.63. The van der Waals surface area contributed by atoms with Gasteiger partial charge in [-0.15, -0.1) is 16.8 Å². The van der Waals surface area contributed by atoms with Gasteiger partial charge < -0.3 is 4.84 Å². The minimum Gasteiger partial charge on any atom is -0.329 e. The Morgan fingerprint density at radius 2 is 2.00 bits per heavy atom. The molecule has 0 aromatic rings. The Morgan fingerprint density at radius 1 is 1.40 bits per heavy atom.